The quantitative estimate of drug-likeness (QED) is 0.520. The molecule has 1 aromatic rings. The Hall–Kier alpha value is -2.18. The van der Waals surface area contributed by atoms with Crippen molar-refractivity contribution < 1.29 is 9.84 Å². The van der Waals surface area contributed by atoms with E-state index in [0.717, 1.165) is 0 Å². The van der Waals surface area contributed by atoms with E-state index in [1.165, 1.54) is 0 Å². The molecule has 0 bridgehead atoms. The molecule has 1 atom stereocenters. The first-order valence-electron chi connectivity index (χ1n) is 6.63. The van der Waals surface area contributed by atoms with Gasteiger partial charge in [-0.15, -0.1) is 0 Å². The lowest BCUT2D eigenvalue weighted by atomic mass is 9.87. The highest BCUT2D eigenvalue weighted by Crippen LogP contribution is 2.24. The molecule has 0 saturated heterocycles. The van der Waals surface area contributed by atoms with Gasteiger partial charge >= 0.3 is 0 Å². The maximum Gasteiger partial charge on any atom is 0.137 e. The Morgan fingerprint density at radius 1 is 1.19 bits per heavy atom. The number of nitrogen functional groups attached to an aromatic ring is 2. The summed E-state index contributed by atoms with van der Waals surface area (Å²) in [6.45, 7) is 0.0659. The lowest BCUT2D eigenvalue weighted by Gasteiger charge is -2.29. The molecule has 0 amide bonds. The smallest absolute Gasteiger partial charge is 0.137 e. The van der Waals surface area contributed by atoms with Gasteiger partial charge in [0.1, 0.15) is 5.76 Å². The Morgan fingerprint density at radius 3 is 2.14 bits per heavy atom. The van der Waals surface area contributed by atoms with Gasteiger partial charge in [-0.05, 0) is 24.6 Å². The molecule has 2 rings (SSSR count). The lowest BCUT2D eigenvalue weighted by molar-refractivity contribution is 0.248. The zero-order chi connectivity index (χ0) is 15.9. The van der Waals surface area contributed by atoms with Crippen LogP contribution in [0.4, 0.5) is 11.4 Å². The monoisotopic (exact) mass is 292 g/mol. The van der Waals surface area contributed by atoms with Gasteiger partial charge in [0.15, 0.2) is 0 Å². The van der Waals surface area contributed by atoms with Crippen molar-refractivity contribution in [3.05, 3.63) is 47.9 Å². The third-order valence-corrected chi connectivity index (χ3v) is 3.20. The van der Waals surface area contributed by atoms with Crippen molar-refractivity contribution in [2.24, 2.45) is 11.5 Å². The van der Waals surface area contributed by atoms with Gasteiger partial charge in [0.2, 0.25) is 0 Å². The molecule has 0 aliphatic heterocycles. The molecule has 6 nitrogen and oxygen atoms in total. The first-order valence-corrected chi connectivity index (χ1v) is 6.63. The second-order valence-corrected chi connectivity index (χ2v) is 4.94. The first-order chi connectivity index (χ1) is 9.91. The van der Waals surface area contributed by atoms with Crippen molar-refractivity contribution in [1.29, 1.82) is 0 Å². The van der Waals surface area contributed by atoms with Crippen molar-refractivity contribution in [3.63, 3.8) is 0 Å². The molecule has 0 radical (unpaired) electrons. The van der Waals surface area contributed by atoms with Crippen LogP contribution in [0.5, 0.6) is 0 Å². The van der Waals surface area contributed by atoms with E-state index >= 15 is 0 Å². The van der Waals surface area contributed by atoms with Crippen LogP contribution in [-0.4, -0.2) is 24.4 Å². The summed E-state index contributed by atoms with van der Waals surface area (Å²) in [5.41, 5.74) is 23.9. The fourth-order valence-corrected chi connectivity index (χ4v) is 1.94. The van der Waals surface area contributed by atoms with Crippen LogP contribution >= 0.6 is 0 Å². The van der Waals surface area contributed by atoms with E-state index in [1.54, 1.807) is 25.3 Å². The zero-order valence-corrected chi connectivity index (χ0v) is 12.3. The molecule has 0 saturated carbocycles. The predicted molar refractivity (Wildman–Crippen MR) is 85.9 cm³/mol. The van der Waals surface area contributed by atoms with E-state index in [2.05, 4.69) is 0 Å². The molecular formula is C15H24N4O2. The van der Waals surface area contributed by atoms with Crippen LogP contribution in [0.25, 0.3) is 0 Å². The van der Waals surface area contributed by atoms with E-state index in [0.29, 0.717) is 35.7 Å². The minimum Gasteiger partial charge on any atom is -0.495 e. The van der Waals surface area contributed by atoms with E-state index < -0.39 is 5.54 Å². The lowest BCUT2D eigenvalue weighted by Crippen LogP contribution is -2.41. The van der Waals surface area contributed by atoms with Gasteiger partial charge in [0, 0.05) is 18.6 Å². The Bertz CT molecular complexity index is 507. The highest BCUT2D eigenvalue weighted by Gasteiger charge is 2.26. The van der Waals surface area contributed by atoms with Crippen molar-refractivity contribution >= 4 is 11.4 Å². The van der Waals surface area contributed by atoms with Crippen LogP contribution in [0.3, 0.4) is 0 Å². The number of allylic oxidation sites excluding steroid dienone is 1. The summed E-state index contributed by atoms with van der Waals surface area (Å²) in [4.78, 5) is 0. The zero-order valence-electron chi connectivity index (χ0n) is 12.3. The number of ether oxygens (including phenoxy) is 1. The third kappa shape index (κ3) is 5.02. The van der Waals surface area contributed by atoms with Gasteiger partial charge in [-0.3, -0.25) is 0 Å². The molecule has 116 valence electrons. The number of para-hydroxylation sites is 2. The fraction of sp³-hybridized carbons (Fsp3) is 0.333. The second kappa shape index (κ2) is 7.56. The topological polar surface area (TPSA) is 134 Å². The summed E-state index contributed by atoms with van der Waals surface area (Å²) in [6.07, 6.45) is 4.64. The number of benzene rings is 1. The highest BCUT2D eigenvalue weighted by atomic mass is 16.5. The number of methoxy groups -OCH3 is 1. The van der Waals surface area contributed by atoms with Gasteiger partial charge in [0.05, 0.1) is 24.2 Å². The van der Waals surface area contributed by atoms with E-state index in [1.807, 2.05) is 18.2 Å². The Kier molecular flexibility index (Phi) is 6.08. The average molecular weight is 292 g/mol. The number of anilines is 2. The number of hydrogen-bond acceptors (Lipinski definition) is 6. The van der Waals surface area contributed by atoms with Crippen LogP contribution in [0, 0.1) is 0 Å². The van der Waals surface area contributed by atoms with Gasteiger partial charge in [0.25, 0.3) is 0 Å². The number of rotatable bonds is 3. The summed E-state index contributed by atoms with van der Waals surface area (Å²) in [6, 6.07) is 7.25. The van der Waals surface area contributed by atoms with Crippen molar-refractivity contribution in [2.75, 3.05) is 25.2 Å². The number of aliphatic hydroxyl groups is 1. The molecule has 21 heavy (non-hydrogen) atoms. The number of aliphatic hydroxyl groups excluding tert-OH is 1. The molecule has 0 aromatic heterocycles. The summed E-state index contributed by atoms with van der Waals surface area (Å²) in [7, 11) is 1.57. The number of nitrogens with two attached hydrogens (primary N) is 4. The summed E-state index contributed by atoms with van der Waals surface area (Å²) in [5.74, 6) is 0.666. The van der Waals surface area contributed by atoms with Crippen LogP contribution in [-0.2, 0) is 4.74 Å². The molecule has 1 unspecified atom stereocenters. The summed E-state index contributed by atoms with van der Waals surface area (Å²) < 4.78 is 5.02. The SMILES string of the molecule is COC1=C(N)CC(N)(CCO)C=C1.Nc1ccccc1N. The van der Waals surface area contributed by atoms with Crippen LogP contribution in [0.15, 0.2) is 47.9 Å². The number of hydrogen-bond donors (Lipinski definition) is 5. The second-order valence-electron chi connectivity index (χ2n) is 4.94. The van der Waals surface area contributed by atoms with Gasteiger partial charge < -0.3 is 32.8 Å². The van der Waals surface area contributed by atoms with Crippen LogP contribution in [0.1, 0.15) is 12.8 Å². The normalized spacial score (nSPS) is 20.7. The van der Waals surface area contributed by atoms with Crippen molar-refractivity contribution in [3.8, 4) is 0 Å². The van der Waals surface area contributed by atoms with E-state index in [-0.39, 0.29) is 6.61 Å². The largest absolute Gasteiger partial charge is 0.495 e. The van der Waals surface area contributed by atoms with Gasteiger partial charge in [-0.25, -0.2) is 0 Å². The standard InChI is InChI=1S/C9H16N2O2.C6H8N2/c1-13-8-2-3-9(11,4-5-12)6-7(8)10;7-5-3-1-2-4-6(5)8/h2-3,12H,4-6,10-11H2,1H3;1-4H,7-8H2. The molecule has 9 N–H and O–H groups in total. The minimum absolute atomic E-state index is 0.0659. The Labute approximate surface area is 125 Å². The molecule has 0 spiro atoms. The van der Waals surface area contributed by atoms with E-state index in [9.17, 15) is 0 Å². The average Bonchev–Trinajstić information content (AvgIpc) is 2.43. The summed E-state index contributed by atoms with van der Waals surface area (Å²) in [5, 5.41) is 8.79. The Morgan fingerprint density at radius 2 is 1.76 bits per heavy atom. The minimum atomic E-state index is -0.513. The highest BCUT2D eigenvalue weighted by molar-refractivity contribution is 5.62. The fourth-order valence-electron chi connectivity index (χ4n) is 1.94. The maximum absolute atomic E-state index is 8.79. The maximum atomic E-state index is 8.79. The van der Waals surface area contributed by atoms with Crippen molar-refractivity contribution in [1.82, 2.24) is 0 Å². The molecule has 1 aromatic carbocycles. The van der Waals surface area contributed by atoms with E-state index in [4.69, 9.17) is 32.8 Å². The van der Waals surface area contributed by atoms with Crippen LogP contribution in [0.2, 0.25) is 0 Å². The molecule has 1 aliphatic rings. The predicted octanol–water partition coefficient (Wildman–Crippen LogP) is 0.694. The van der Waals surface area contributed by atoms with Gasteiger partial charge in [-0.1, -0.05) is 18.2 Å². The van der Waals surface area contributed by atoms with Crippen LogP contribution < -0.4 is 22.9 Å². The first kappa shape index (κ1) is 16.9. The molecule has 1 aliphatic carbocycles. The molecule has 6 heteroatoms. The van der Waals surface area contributed by atoms with Gasteiger partial charge in [-0.2, -0.15) is 0 Å². The Balaban J connectivity index is 0.000000235. The molecular weight excluding hydrogens is 268 g/mol. The summed E-state index contributed by atoms with van der Waals surface area (Å²) >= 11 is 0. The molecule has 0 fully saturated rings. The third-order valence-electron chi connectivity index (χ3n) is 3.20. The van der Waals surface area contributed by atoms with Crippen molar-refractivity contribution in [2.45, 2.75) is 18.4 Å². The molecule has 0 heterocycles.